The number of morpholine rings is 1. The summed E-state index contributed by atoms with van der Waals surface area (Å²) in [7, 11) is -3.59. The molecule has 8 nitrogen and oxygen atoms in total. The molecular weight excluding hydrogens is 360 g/mol. The van der Waals surface area contributed by atoms with E-state index < -0.39 is 16.0 Å². The monoisotopic (exact) mass is 380 g/mol. The number of ether oxygens (including phenoxy) is 2. The van der Waals surface area contributed by atoms with Crippen LogP contribution in [-0.4, -0.2) is 50.0 Å². The van der Waals surface area contributed by atoms with E-state index in [0.29, 0.717) is 38.0 Å². The van der Waals surface area contributed by atoms with Crippen LogP contribution in [0.1, 0.15) is 27.7 Å². The van der Waals surface area contributed by atoms with Crippen LogP contribution in [-0.2, 0) is 26.1 Å². The van der Waals surface area contributed by atoms with Crippen molar-refractivity contribution in [3.63, 3.8) is 0 Å². The van der Waals surface area contributed by atoms with Gasteiger partial charge in [-0.15, -0.1) is 0 Å². The lowest BCUT2D eigenvalue weighted by Gasteiger charge is -2.26. The zero-order valence-corrected chi connectivity index (χ0v) is 15.4. The van der Waals surface area contributed by atoms with Gasteiger partial charge in [0.15, 0.2) is 6.61 Å². The van der Waals surface area contributed by atoms with Gasteiger partial charge in [0.25, 0.3) is 0 Å². The molecule has 1 aliphatic heterocycles. The number of sulfonamides is 1. The largest absolute Gasteiger partial charge is 0.452 e. The van der Waals surface area contributed by atoms with Gasteiger partial charge in [0.05, 0.1) is 29.4 Å². The van der Waals surface area contributed by atoms with E-state index >= 15 is 0 Å². The molecule has 26 heavy (non-hydrogen) atoms. The van der Waals surface area contributed by atoms with Gasteiger partial charge in [0, 0.05) is 13.1 Å². The summed E-state index contributed by atoms with van der Waals surface area (Å²) in [5.74, 6) is 0.419. The van der Waals surface area contributed by atoms with Crippen molar-refractivity contribution in [3.05, 3.63) is 47.2 Å². The predicted octanol–water partition coefficient (Wildman–Crippen LogP) is 1.67. The summed E-state index contributed by atoms with van der Waals surface area (Å²) in [5, 5.41) is 0. The number of aryl methyl sites for hydroxylation is 2. The van der Waals surface area contributed by atoms with E-state index in [1.54, 1.807) is 13.8 Å². The Morgan fingerprint density at radius 1 is 1.19 bits per heavy atom. The number of hydrogen-bond acceptors (Lipinski definition) is 7. The number of rotatable bonds is 5. The number of hydrogen-bond donors (Lipinski definition) is 0. The van der Waals surface area contributed by atoms with Gasteiger partial charge in [-0.3, -0.25) is 0 Å². The quantitative estimate of drug-likeness (QED) is 0.728. The van der Waals surface area contributed by atoms with Crippen LogP contribution in [0.15, 0.2) is 33.6 Å². The molecule has 1 saturated heterocycles. The number of carbonyl (C=O) groups excluding carboxylic acids is 1. The highest BCUT2D eigenvalue weighted by molar-refractivity contribution is 7.89. The van der Waals surface area contributed by atoms with Crippen molar-refractivity contribution >= 4 is 16.0 Å². The number of benzene rings is 1. The van der Waals surface area contributed by atoms with E-state index in [9.17, 15) is 13.2 Å². The average molecular weight is 380 g/mol. The second kappa shape index (κ2) is 7.56. The predicted molar refractivity (Wildman–Crippen MR) is 91.1 cm³/mol. The average Bonchev–Trinajstić information content (AvgIpc) is 2.98. The van der Waals surface area contributed by atoms with Crippen LogP contribution in [0.2, 0.25) is 0 Å². The molecular formula is C17H20N2O6S. The molecule has 2 heterocycles. The molecule has 1 aromatic carbocycles. The topological polar surface area (TPSA) is 98.9 Å². The fraction of sp³-hybridized carbons (Fsp3) is 0.412. The number of nitrogens with zero attached hydrogens (tertiary/aromatic N) is 2. The summed E-state index contributed by atoms with van der Waals surface area (Å²) in [4.78, 5) is 16.4. The first-order chi connectivity index (χ1) is 12.4. The summed E-state index contributed by atoms with van der Waals surface area (Å²) in [5.41, 5.74) is 1.000. The van der Waals surface area contributed by atoms with Crippen molar-refractivity contribution < 1.29 is 27.1 Å². The lowest BCUT2D eigenvalue weighted by molar-refractivity contribution is 0.0437. The van der Waals surface area contributed by atoms with Crippen molar-refractivity contribution in [2.75, 3.05) is 26.3 Å². The highest BCUT2D eigenvalue weighted by Crippen LogP contribution is 2.18. The molecule has 0 bridgehead atoms. The highest BCUT2D eigenvalue weighted by Gasteiger charge is 2.26. The SMILES string of the molecule is Cc1nc(COC(=O)c2ccc(S(=O)(=O)N3CCOCC3)cc2)oc1C. The Morgan fingerprint density at radius 2 is 1.85 bits per heavy atom. The van der Waals surface area contributed by atoms with Crippen molar-refractivity contribution in [2.24, 2.45) is 0 Å². The zero-order valence-electron chi connectivity index (χ0n) is 14.6. The summed E-state index contributed by atoms with van der Waals surface area (Å²) in [6.07, 6.45) is 0. The maximum atomic E-state index is 12.5. The number of oxazole rings is 1. The first-order valence-electron chi connectivity index (χ1n) is 8.16. The summed E-state index contributed by atoms with van der Waals surface area (Å²) in [6.45, 7) is 4.90. The standard InChI is InChI=1S/C17H20N2O6S/c1-12-13(2)25-16(18-12)11-24-17(20)14-3-5-15(6-4-14)26(21,22)19-7-9-23-10-8-19/h3-6H,7-11H2,1-2H3. The van der Waals surface area contributed by atoms with Crippen LogP contribution < -0.4 is 0 Å². The van der Waals surface area contributed by atoms with Crippen LogP contribution in [0.5, 0.6) is 0 Å². The maximum absolute atomic E-state index is 12.5. The summed E-state index contributed by atoms with van der Waals surface area (Å²) in [6, 6.07) is 5.67. The molecule has 0 atom stereocenters. The minimum absolute atomic E-state index is 0.0820. The first kappa shape index (κ1) is 18.6. The van der Waals surface area contributed by atoms with Crippen LogP contribution in [0.3, 0.4) is 0 Å². The molecule has 1 aromatic heterocycles. The van der Waals surface area contributed by atoms with Crippen LogP contribution in [0.4, 0.5) is 0 Å². The Hall–Kier alpha value is -2.23. The maximum Gasteiger partial charge on any atom is 0.338 e. The van der Waals surface area contributed by atoms with E-state index in [2.05, 4.69) is 4.98 Å². The normalized spacial score (nSPS) is 15.8. The highest BCUT2D eigenvalue weighted by atomic mass is 32.2. The Labute approximate surface area is 151 Å². The van der Waals surface area contributed by atoms with Crippen molar-refractivity contribution in [2.45, 2.75) is 25.3 Å². The van der Waals surface area contributed by atoms with Crippen molar-refractivity contribution in [3.8, 4) is 0 Å². The minimum atomic E-state index is -3.59. The van der Waals surface area contributed by atoms with Crippen molar-refractivity contribution in [1.82, 2.24) is 9.29 Å². The lowest BCUT2D eigenvalue weighted by Crippen LogP contribution is -2.40. The third-order valence-electron chi connectivity index (χ3n) is 4.10. The van der Waals surface area contributed by atoms with Gasteiger partial charge in [-0.1, -0.05) is 0 Å². The van der Waals surface area contributed by atoms with Gasteiger partial charge in [0.2, 0.25) is 15.9 Å². The first-order valence-corrected chi connectivity index (χ1v) is 9.60. The van der Waals surface area contributed by atoms with Gasteiger partial charge in [-0.2, -0.15) is 4.31 Å². The zero-order chi connectivity index (χ0) is 18.7. The summed E-state index contributed by atoms with van der Waals surface area (Å²) < 4.78 is 42.1. The van der Waals surface area contributed by atoms with Crippen LogP contribution in [0, 0.1) is 13.8 Å². The Bertz CT molecular complexity index is 863. The minimum Gasteiger partial charge on any atom is -0.452 e. The molecule has 1 aliphatic rings. The molecule has 0 radical (unpaired) electrons. The molecule has 2 aromatic rings. The Morgan fingerprint density at radius 3 is 2.42 bits per heavy atom. The Kier molecular flexibility index (Phi) is 5.40. The van der Waals surface area contributed by atoms with Crippen molar-refractivity contribution in [1.29, 1.82) is 0 Å². The third kappa shape index (κ3) is 3.95. The summed E-state index contributed by atoms with van der Waals surface area (Å²) >= 11 is 0. The molecule has 0 amide bonds. The molecule has 0 N–H and O–H groups in total. The fourth-order valence-electron chi connectivity index (χ4n) is 2.51. The second-order valence-corrected chi connectivity index (χ2v) is 7.80. The Balaban J connectivity index is 1.65. The van der Waals surface area contributed by atoms with E-state index in [1.165, 1.54) is 28.6 Å². The molecule has 1 fully saturated rings. The van der Waals surface area contributed by atoms with Gasteiger partial charge in [-0.05, 0) is 38.1 Å². The van der Waals surface area contributed by atoms with E-state index in [-0.39, 0.29) is 17.1 Å². The number of aromatic nitrogens is 1. The van der Waals surface area contributed by atoms with E-state index in [0.717, 1.165) is 5.69 Å². The smallest absolute Gasteiger partial charge is 0.338 e. The molecule has 0 saturated carbocycles. The lowest BCUT2D eigenvalue weighted by atomic mass is 10.2. The van der Waals surface area contributed by atoms with E-state index in [4.69, 9.17) is 13.9 Å². The molecule has 0 aliphatic carbocycles. The van der Waals surface area contributed by atoms with Gasteiger partial charge < -0.3 is 13.9 Å². The van der Waals surface area contributed by atoms with E-state index in [1.807, 2.05) is 0 Å². The van der Waals surface area contributed by atoms with Gasteiger partial charge in [-0.25, -0.2) is 18.2 Å². The molecule has 0 spiro atoms. The van der Waals surface area contributed by atoms with Crippen LogP contribution in [0.25, 0.3) is 0 Å². The fourth-order valence-corrected chi connectivity index (χ4v) is 3.92. The molecule has 3 rings (SSSR count). The molecule has 0 unspecified atom stereocenters. The van der Waals surface area contributed by atoms with Gasteiger partial charge in [0.1, 0.15) is 5.76 Å². The van der Waals surface area contributed by atoms with Gasteiger partial charge >= 0.3 is 5.97 Å². The molecule has 140 valence electrons. The van der Waals surface area contributed by atoms with Crippen LogP contribution >= 0.6 is 0 Å². The second-order valence-electron chi connectivity index (χ2n) is 5.87. The number of carbonyl (C=O) groups is 1. The third-order valence-corrected chi connectivity index (χ3v) is 6.01. The number of esters is 1. The molecule has 9 heteroatoms.